The largest absolute Gasteiger partial charge is 0.394 e. The fraction of sp³-hybridized carbons (Fsp3) is 0.273. The molecule has 0 amide bonds. The Kier molecular flexibility index (Phi) is 2.98. The molecule has 0 bridgehead atoms. The molecule has 0 aliphatic heterocycles. The van der Waals surface area contributed by atoms with Crippen LogP contribution in [0.25, 0.3) is 11.0 Å². The highest BCUT2D eigenvalue weighted by Crippen LogP contribution is 2.08. The summed E-state index contributed by atoms with van der Waals surface area (Å²) in [5, 5.41) is 18.1. The molecule has 0 aliphatic carbocycles. The van der Waals surface area contributed by atoms with Crippen molar-refractivity contribution in [2.45, 2.75) is 12.6 Å². The van der Waals surface area contributed by atoms with Gasteiger partial charge < -0.3 is 14.8 Å². The summed E-state index contributed by atoms with van der Waals surface area (Å²) >= 11 is 0. The predicted molar refractivity (Wildman–Crippen MR) is 59.1 cm³/mol. The Hall–Kier alpha value is -1.72. The summed E-state index contributed by atoms with van der Waals surface area (Å²) in [6, 6.07) is 7.17. The first-order chi connectivity index (χ1) is 7.72. The molecule has 0 saturated carbocycles. The first-order valence-electron chi connectivity index (χ1n) is 4.96. The van der Waals surface area contributed by atoms with E-state index in [2.05, 4.69) is 4.98 Å². The number of aromatic nitrogens is 2. The van der Waals surface area contributed by atoms with E-state index in [9.17, 15) is 9.90 Å². The number of aliphatic hydroxyl groups is 2. The van der Waals surface area contributed by atoms with Gasteiger partial charge in [-0.3, -0.25) is 4.79 Å². The second kappa shape index (κ2) is 4.42. The zero-order valence-electron chi connectivity index (χ0n) is 8.58. The summed E-state index contributed by atoms with van der Waals surface area (Å²) in [6.45, 7) is -0.304. The van der Waals surface area contributed by atoms with Crippen LogP contribution in [0.2, 0.25) is 0 Å². The molecule has 0 aliphatic rings. The molecule has 16 heavy (non-hydrogen) atoms. The van der Waals surface area contributed by atoms with Crippen molar-refractivity contribution in [2.24, 2.45) is 0 Å². The predicted octanol–water partition coefficient (Wildman–Crippen LogP) is -0.250. The van der Waals surface area contributed by atoms with Gasteiger partial charge in [0, 0.05) is 0 Å². The van der Waals surface area contributed by atoms with Gasteiger partial charge in [0.2, 0.25) is 0 Å². The third-order valence-corrected chi connectivity index (χ3v) is 2.36. The minimum absolute atomic E-state index is 0.0678. The Labute approximate surface area is 91.6 Å². The van der Waals surface area contributed by atoms with Crippen LogP contribution in [0.5, 0.6) is 0 Å². The van der Waals surface area contributed by atoms with Crippen LogP contribution < -0.4 is 5.56 Å². The van der Waals surface area contributed by atoms with Gasteiger partial charge in [-0.25, -0.2) is 4.98 Å². The van der Waals surface area contributed by atoms with Gasteiger partial charge in [-0.2, -0.15) is 0 Å². The van der Waals surface area contributed by atoms with E-state index in [1.165, 1.54) is 10.8 Å². The van der Waals surface area contributed by atoms with Crippen molar-refractivity contribution in [3.05, 3.63) is 40.8 Å². The lowest BCUT2D eigenvalue weighted by molar-refractivity contribution is 0.0814. The Bertz CT molecular complexity index is 550. The molecular formula is C11H12N2O3. The number of hydrogen-bond acceptors (Lipinski definition) is 4. The highest BCUT2D eigenvalue weighted by Gasteiger charge is 2.08. The van der Waals surface area contributed by atoms with Crippen LogP contribution in [0.1, 0.15) is 0 Å². The topological polar surface area (TPSA) is 75.4 Å². The molecule has 1 heterocycles. The number of rotatable bonds is 3. The van der Waals surface area contributed by atoms with Crippen LogP contribution in [-0.2, 0) is 6.54 Å². The molecule has 0 radical (unpaired) electrons. The van der Waals surface area contributed by atoms with E-state index in [1.807, 2.05) is 6.07 Å². The van der Waals surface area contributed by atoms with Crippen LogP contribution >= 0.6 is 0 Å². The Morgan fingerprint density at radius 2 is 2.12 bits per heavy atom. The summed E-state index contributed by atoms with van der Waals surface area (Å²) in [5.74, 6) is 0. The second-order valence-electron chi connectivity index (χ2n) is 3.53. The minimum Gasteiger partial charge on any atom is -0.394 e. The molecule has 2 aromatic rings. The monoisotopic (exact) mass is 220 g/mol. The van der Waals surface area contributed by atoms with E-state index in [0.717, 1.165) is 0 Å². The second-order valence-corrected chi connectivity index (χ2v) is 3.53. The van der Waals surface area contributed by atoms with Gasteiger partial charge >= 0.3 is 0 Å². The van der Waals surface area contributed by atoms with E-state index >= 15 is 0 Å². The van der Waals surface area contributed by atoms with Crippen molar-refractivity contribution in [3.8, 4) is 0 Å². The molecule has 2 N–H and O–H groups in total. The standard InChI is InChI=1S/C11H12N2O3/c14-7-8(15)6-13-10-4-2-1-3-9(10)12-5-11(13)16/h1-5,8,14-15H,6-7H2/t8-/m0/s1. The molecule has 5 heteroatoms. The average Bonchev–Trinajstić information content (AvgIpc) is 2.32. The van der Waals surface area contributed by atoms with Crippen molar-refractivity contribution in [1.82, 2.24) is 9.55 Å². The van der Waals surface area contributed by atoms with E-state index < -0.39 is 6.10 Å². The molecule has 0 fully saturated rings. The van der Waals surface area contributed by atoms with Gasteiger partial charge in [0.25, 0.3) is 5.56 Å². The van der Waals surface area contributed by atoms with Gasteiger partial charge in [-0.05, 0) is 12.1 Å². The fourth-order valence-corrected chi connectivity index (χ4v) is 1.57. The van der Waals surface area contributed by atoms with Crippen LogP contribution in [-0.4, -0.2) is 32.5 Å². The first kappa shape index (κ1) is 10.8. The zero-order chi connectivity index (χ0) is 11.5. The highest BCUT2D eigenvalue weighted by molar-refractivity contribution is 5.74. The number of benzene rings is 1. The first-order valence-corrected chi connectivity index (χ1v) is 4.96. The number of hydrogen-bond donors (Lipinski definition) is 2. The summed E-state index contributed by atoms with van der Waals surface area (Å²) in [6.07, 6.45) is 0.274. The average molecular weight is 220 g/mol. The maximum Gasteiger partial charge on any atom is 0.269 e. The maximum absolute atomic E-state index is 11.6. The number of fused-ring (bicyclic) bond motifs is 1. The minimum atomic E-state index is -0.941. The van der Waals surface area contributed by atoms with Gasteiger partial charge in [0.1, 0.15) is 0 Å². The SMILES string of the molecule is O=c1cnc2ccccc2n1C[C@H](O)CO. The molecule has 0 unspecified atom stereocenters. The zero-order valence-corrected chi connectivity index (χ0v) is 8.58. The van der Waals surface area contributed by atoms with Gasteiger partial charge in [-0.1, -0.05) is 12.1 Å². The van der Waals surface area contributed by atoms with E-state index in [1.54, 1.807) is 18.2 Å². The highest BCUT2D eigenvalue weighted by atomic mass is 16.3. The summed E-state index contributed by atoms with van der Waals surface area (Å²) in [5.41, 5.74) is 1.06. The molecule has 1 atom stereocenters. The van der Waals surface area contributed by atoms with E-state index in [4.69, 9.17) is 5.11 Å². The number of para-hydroxylation sites is 2. The van der Waals surface area contributed by atoms with Gasteiger partial charge in [0.05, 0.1) is 36.5 Å². The van der Waals surface area contributed by atoms with Crippen molar-refractivity contribution in [3.63, 3.8) is 0 Å². The lowest BCUT2D eigenvalue weighted by atomic mass is 10.3. The molecule has 2 rings (SSSR count). The fourth-order valence-electron chi connectivity index (χ4n) is 1.57. The van der Waals surface area contributed by atoms with Gasteiger partial charge in [0.15, 0.2) is 0 Å². The van der Waals surface area contributed by atoms with Crippen LogP contribution in [0.15, 0.2) is 35.3 Å². The van der Waals surface area contributed by atoms with E-state index in [-0.39, 0.29) is 18.7 Å². The lowest BCUT2D eigenvalue weighted by Crippen LogP contribution is -2.28. The Morgan fingerprint density at radius 1 is 1.38 bits per heavy atom. The van der Waals surface area contributed by atoms with E-state index in [0.29, 0.717) is 11.0 Å². The maximum atomic E-state index is 11.6. The smallest absolute Gasteiger partial charge is 0.269 e. The number of nitrogens with zero attached hydrogens (tertiary/aromatic N) is 2. The van der Waals surface area contributed by atoms with Crippen molar-refractivity contribution in [2.75, 3.05) is 6.61 Å². The van der Waals surface area contributed by atoms with Crippen molar-refractivity contribution in [1.29, 1.82) is 0 Å². The summed E-state index contributed by atoms with van der Waals surface area (Å²) in [4.78, 5) is 15.6. The van der Waals surface area contributed by atoms with Gasteiger partial charge in [-0.15, -0.1) is 0 Å². The van der Waals surface area contributed by atoms with Crippen LogP contribution in [0.3, 0.4) is 0 Å². The molecule has 5 nitrogen and oxygen atoms in total. The van der Waals surface area contributed by atoms with Crippen molar-refractivity contribution < 1.29 is 10.2 Å². The lowest BCUT2D eigenvalue weighted by Gasteiger charge is -2.12. The Morgan fingerprint density at radius 3 is 2.88 bits per heavy atom. The van der Waals surface area contributed by atoms with Crippen molar-refractivity contribution >= 4 is 11.0 Å². The Balaban J connectivity index is 2.57. The molecule has 1 aromatic heterocycles. The number of aliphatic hydroxyl groups excluding tert-OH is 2. The molecule has 84 valence electrons. The molecule has 0 saturated heterocycles. The normalized spacial score (nSPS) is 12.9. The summed E-state index contributed by atoms with van der Waals surface area (Å²) < 4.78 is 1.41. The molecular weight excluding hydrogens is 208 g/mol. The molecule has 0 spiro atoms. The molecule has 1 aromatic carbocycles. The third-order valence-electron chi connectivity index (χ3n) is 2.36. The van der Waals surface area contributed by atoms with Crippen LogP contribution in [0, 0.1) is 0 Å². The third kappa shape index (κ3) is 1.95. The van der Waals surface area contributed by atoms with Crippen LogP contribution in [0.4, 0.5) is 0 Å². The summed E-state index contributed by atoms with van der Waals surface area (Å²) in [7, 11) is 0. The quantitative estimate of drug-likeness (QED) is 0.748.